The standard InChI is InChI=1S/C20H17ClFN3O/c21-17-13-15(8-9-18(17)22)25-20(26)16-7-4-11-23-19(16)24-12-10-14-5-2-1-3-6-14/h1-9,11,13H,10,12H2,(H,23,24)(H,25,26). The fraction of sp³-hybridized carbons (Fsp3) is 0.100. The quantitative estimate of drug-likeness (QED) is 0.657. The van der Waals surface area contributed by atoms with Crippen molar-refractivity contribution in [2.45, 2.75) is 6.42 Å². The Balaban J connectivity index is 1.67. The third-order valence-corrected chi connectivity index (χ3v) is 4.07. The van der Waals surface area contributed by atoms with Crippen LogP contribution < -0.4 is 10.6 Å². The number of nitrogens with zero attached hydrogens (tertiary/aromatic N) is 1. The number of halogens is 2. The summed E-state index contributed by atoms with van der Waals surface area (Å²) < 4.78 is 13.2. The molecule has 1 heterocycles. The molecule has 2 aromatic carbocycles. The lowest BCUT2D eigenvalue weighted by atomic mass is 10.1. The van der Waals surface area contributed by atoms with E-state index in [1.54, 1.807) is 18.3 Å². The number of pyridine rings is 1. The highest BCUT2D eigenvalue weighted by molar-refractivity contribution is 6.31. The first-order valence-electron chi connectivity index (χ1n) is 8.13. The van der Waals surface area contributed by atoms with Gasteiger partial charge in [0.15, 0.2) is 0 Å². The molecule has 0 bridgehead atoms. The lowest BCUT2D eigenvalue weighted by Crippen LogP contribution is -2.16. The van der Waals surface area contributed by atoms with Crippen LogP contribution in [0.25, 0.3) is 0 Å². The number of hydrogen-bond donors (Lipinski definition) is 2. The molecule has 6 heteroatoms. The van der Waals surface area contributed by atoms with Crippen LogP contribution in [0, 0.1) is 5.82 Å². The van der Waals surface area contributed by atoms with Gasteiger partial charge in [0.25, 0.3) is 5.91 Å². The van der Waals surface area contributed by atoms with Crippen molar-refractivity contribution in [1.29, 1.82) is 0 Å². The van der Waals surface area contributed by atoms with E-state index in [-0.39, 0.29) is 10.9 Å². The number of anilines is 2. The van der Waals surface area contributed by atoms with Gasteiger partial charge in [0.1, 0.15) is 11.6 Å². The minimum atomic E-state index is -0.533. The summed E-state index contributed by atoms with van der Waals surface area (Å²) in [5, 5.41) is 5.85. The van der Waals surface area contributed by atoms with Crippen LogP contribution >= 0.6 is 11.6 Å². The zero-order chi connectivity index (χ0) is 18.4. The lowest BCUT2D eigenvalue weighted by Gasteiger charge is -2.11. The zero-order valence-corrected chi connectivity index (χ0v) is 14.6. The van der Waals surface area contributed by atoms with Gasteiger partial charge >= 0.3 is 0 Å². The Bertz CT molecular complexity index is 903. The number of rotatable bonds is 6. The van der Waals surface area contributed by atoms with E-state index in [2.05, 4.69) is 15.6 Å². The molecule has 1 aromatic heterocycles. The van der Waals surface area contributed by atoms with Crippen LogP contribution in [0.4, 0.5) is 15.9 Å². The lowest BCUT2D eigenvalue weighted by molar-refractivity contribution is 0.102. The van der Waals surface area contributed by atoms with Crippen molar-refractivity contribution < 1.29 is 9.18 Å². The number of carbonyl (C=O) groups excluding carboxylic acids is 1. The maximum atomic E-state index is 13.2. The molecule has 0 aliphatic heterocycles. The summed E-state index contributed by atoms with van der Waals surface area (Å²) in [5.41, 5.74) is 2.02. The highest BCUT2D eigenvalue weighted by atomic mass is 35.5. The van der Waals surface area contributed by atoms with Crippen LogP contribution in [-0.2, 0) is 6.42 Å². The molecule has 2 N–H and O–H groups in total. The molecule has 3 aromatic rings. The van der Waals surface area contributed by atoms with Gasteiger partial charge in [-0.3, -0.25) is 4.79 Å². The summed E-state index contributed by atoms with van der Waals surface area (Å²) >= 11 is 5.75. The fourth-order valence-corrected chi connectivity index (χ4v) is 2.65. The van der Waals surface area contributed by atoms with Crippen molar-refractivity contribution in [2.24, 2.45) is 0 Å². The van der Waals surface area contributed by atoms with Crippen molar-refractivity contribution >= 4 is 29.0 Å². The van der Waals surface area contributed by atoms with Crippen LogP contribution in [-0.4, -0.2) is 17.4 Å². The highest BCUT2D eigenvalue weighted by Crippen LogP contribution is 2.21. The molecular weight excluding hydrogens is 353 g/mol. The van der Waals surface area contributed by atoms with Gasteiger partial charge in [-0.25, -0.2) is 9.37 Å². The minimum Gasteiger partial charge on any atom is -0.369 e. The molecule has 0 spiro atoms. The molecule has 0 saturated heterocycles. The second kappa shape index (κ2) is 8.45. The topological polar surface area (TPSA) is 54.0 Å². The molecule has 0 aliphatic carbocycles. The molecule has 0 radical (unpaired) electrons. The van der Waals surface area contributed by atoms with Crippen molar-refractivity contribution in [3.05, 3.63) is 88.8 Å². The molecule has 0 unspecified atom stereocenters. The summed E-state index contributed by atoms with van der Waals surface area (Å²) in [6.45, 7) is 0.643. The number of benzene rings is 2. The molecule has 3 rings (SSSR count). The van der Waals surface area contributed by atoms with Crippen molar-refractivity contribution in [2.75, 3.05) is 17.2 Å². The van der Waals surface area contributed by atoms with Crippen molar-refractivity contribution in [3.8, 4) is 0 Å². The summed E-state index contributed by atoms with van der Waals surface area (Å²) in [6.07, 6.45) is 2.43. The van der Waals surface area contributed by atoms with Crippen LogP contribution in [0.3, 0.4) is 0 Å². The van der Waals surface area contributed by atoms with Crippen molar-refractivity contribution in [3.63, 3.8) is 0 Å². The predicted molar refractivity (Wildman–Crippen MR) is 102 cm³/mol. The maximum Gasteiger partial charge on any atom is 0.259 e. The smallest absolute Gasteiger partial charge is 0.259 e. The predicted octanol–water partition coefficient (Wildman–Crippen LogP) is 4.78. The Kier molecular flexibility index (Phi) is 5.81. The van der Waals surface area contributed by atoms with Gasteiger partial charge in [-0.1, -0.05) is 41.9 Å². The van der Waals surface area contributed by atoms with Gasteiger partial charge < -0.3 is 10.6 Å². The Morgan fingerprint density at radius 3 is 2.65 bits per heavy atom. The molecule has 1 amide bonds. The summed E-state index contributed by atoms with van der Waals surface area (Å²) in [4.78, 5) is 16.8. The molecule has 26 heavy (non-hydrogen) atoms. The van der Waals surface area contributed by atoms with Gasteiger partial charge in [0, 0.05) is 18.4 Å². The molecule has 0 saturated carbocycles. The molecule has 132 valence electrons. The fourth-order valence-electron chi connectivity index (χ4n) is 2.47. The van der Waals surface area contributed by atoms with Crippen molar-refractivity contribution in [1.82, 2.24) is 4.98 Å². The van der Waals surface area contributed by atoms with E-state index in [1.165, 1.54) is 23.8 Å². The molecule has 0 aliphatic rings. The maximum absolute atomic E-state index is 13.2. The van der Waals surface area contributed by atoms with Gasteiger partial charge in [0.2, 0.25) is 0 Å². The SMILES string of the molecule is O=C(Nc1ccc(F)c(Cl)c1)c1cccnc1NCCc1ccccc1. The highest BCUT2D eigenvalue weighted by Gasteiger charge is 2.13. The largest absolute Gasteiger partial charge is 0.369 e. The Hall–Kier alpha value is -2.92. The number of nitrogens with one attached hydrogen (secondary N) is 2. The van der Waals surface area contributed by atoms with Crippen LogP contribution in [0.5, 0.6) is 0 Å². The second-order valence-electron chi connectivity index (χ2n) is 5.64. The van der Waals surface area contributed by atoms with Crippen LogP contribution in [0.1, 0.15) is 15.9 Å². The van der Waals surface area contributed by atoms with Gasteiger partial charge in [-0.15, -0.1) is 0 Å². The van der Waals surface area contributed by atoms with E-state index in [9.17, 15) is 9.18 Å². The first kappa shape index (κ1) is 17.9. The number of carbonyl (C=O) groups is 1. The Morgan fingerprint density at radius 1 is 1.08 bits per heavy atom. The third kappa shape index (κ3) is 4.58. The summed E-state index contributed by atoms with van der Waals surface area (Å²) in [6, 6.07) is 17.4. The average Bonchev–Trinajstić information content (AvgIpc) is 2.66. The molecule has 0 atom stereocenters. The van der Waals surface area contributed by atoms with E-state index in [0.29, 0.717) is 23.6 Å². The third-order valence-electron chi connectivity index (χ3n) is 3.78. The van der Waals surface area contributed by atoms with E-state index in [4.69, 9.17) is 11.6 Å². The summed E-state index contributed by atoms with van der Waals surface area (Å²) in [7, 11) is 0. The number of amides is 1. The van der Waals surface area contributed by atoms with Gasteiger partial charge in [0.05, 0.1) is 10.6 Å². The van der Waals surface area contributed by atoms with E-state index < -0.39 is 5.82 Å². The van der Waals surface area contributed by atoms with E-state index >= 15 is 0 Å². The number of hydrogen-bond acceptors (Lipinski definition) is 3. The molecular formula is C20H17ClFN3O. The van der Waals surface area contributed by atoms with Crippen LogP contribution in [0.15, 0.2) is 66.9 Å². The normalized spacial score (nSPS) is 10.4. The van der Waals surface area contributed by atoms with Gasteiger partial charge in [-0.05, 0) is 42.3 Å². The van der Waals surface area contributed by atoms with E-state index in [0.717, 1.165) is 6.42 Å². The molecule has 4 nitrogen and oxygen atoms in total. The van der Waals surface area contributed by atoms with Crippen LogP contribution in [0.2, 0.25) is 5.02 Å². The molecule has 0 fully saturated rings. The van der Waals surface area contributed by atoms with Gasteiger partial charge in [-0.2, -0.15) is 0 Å². The minimum absolute atomic E-state index is 0.0461. The Labute approximate surface area is 156 Å². The average molecular weight is 370 g/mol. The number of aromatic nitrogens is 1. The first-order chi connectivity index (χ1) is 12.6. The summed E-state index contributed by atoms with van der Waals surface area (Å²) in [5.74, 6) is -0.383. The monoisotopic (exact) mass is 369 g/mol. The second-order valence-corrected chi connectivity index (χ2v) is 6.05. The zero-order valence-electron chi connectivity index (χ0n) is 13.9. The van der Waals surface area contributed by atoms with E-state index in [1.807, 2.05) is 30.3 Å². The Morgan fingerprint density at radius 2 is 1.88 bits per heavy atom. The first-order valence-corrected chi connectivity index (χ1v) is 8.50.